The predicted octanol–water partition coefficient (Wildman–Crippen LogP) is 8.53. The number of nitrogens with two attached hydrogens (primary N) is 1. The standard InChI is InChI=1S/C61H82FN13O7S/c1-39-33-73(36-52(76)75-37-60(10,11)53-49(75)27-43(30-65-53)26-42-12-14-44(62)15-13-42)45(35-74(39)57(77)82-58(4,5)6)34-71-20-16-61(17-21-71)18-22-72(23-19-61)56-66-31-46(32-67-56)80-24-25-81-50-29-48-47(28-51(50)83(78,79)59(7,8)9)55(69-38-68-48)70-54(64)40(2)41(3)63/h12-15,27-32,38-39,45,63H,16-26,33-37,64H2,1-11H3,(H,68,69,70)/b54-40+,63-41?/t39-,45+/m1/s1. The summed E-state index contributed by atoms with van der Waals surface area (Å²) < 4.78 is 58.5. The van der Waals surface area contributed by atoms with E-state index in [0.29, 0.717) is 66.6 Å². The van der Waals surface area contributed by atoms with Crippen molar-refractivity contribution in [2.75, 3.05) is 87.2 Å². The van der Waals surface area contributed by atoms with Crippen LogP contribution in [-0.2, 0) is 31.2 Å². The Morgan fingerprint density at radius 2 is 1.52 bits per heavy atom. The molecule has 0 saturated carbocycles. The fourth-order valence-electron chi connectivity index (χ4n) is 11.5. The summed E-state index contributed by atoms with van der Waals surface area (Å²) in [5.74, 6) is 1.43. The lowest BCUT2D eigenvalue weighted by molar-refractivity contribution is -0.121. The van der Waals surface area contributed by atoms with Crippen LogP contribution in [0.15, 0.2) is 83.7 Å². The first-order valence-electron chi connectivity index (χ1n) is 28.7. The molecule has 2 amide bonds. The zero-order valence-electron chi connectivity index (χ0n) is 50.0. The fourth-order valence-corrected chi connectivity index (χ4v) is 12.8. The van der Waals surface area contributed by atoms with E-state index in [4.69, 9.17) is 30.3 Å². The molecule has 2 atom stereocenters. The van der Waals surface area contributed by atoms with E-state index in [1.54, 1.807) is 65.2 Å². The zero-order valence-corrected chi connectivity index (χ0v) is 50.8. The first-order valence-corrected chi connectivity index (χ1v) is 30.2. The number of hydrogen-bond acceptors (Lipinski definition) is 18. The van der Waals surface area contributed by atoms with E-state index < -0.39 is 20.2 Å². The number of benzene rings is 2. The van der Waals surface area contributed by atoms with Crippen molar-refractivity contribution in [1.82, 2.24) is 39.6 Å². The number of fused-ring (bicyclic) bond motifs is 2. The highest BCUT2D eigenvalue weighted by Gasteiger charge is 2.44. The molecule has 3 fully saturated rings. The summed E-state index contributed by atoms with van der Waals surface area (Å²) in [7, 11) is -3.92. The van der Waals surface area contributed by atoms with Crippen molar-refractivity contribution in [2.24, 2.45) is 11.1 Å². The van der Waals surface area contributed by atoms with Gasteiger partial charge in [0.25, 0.3) is 0 Å². The highest BCUT2D eigenvalue weighted by Crippen LogP contribution is 2.43. The summed E-state index contributed by atoms with van der Waals surface area (Å²) in [5.41, 5.74) is 10.3. The fraction of sp³-hybridized carbons (Fsp3) is 0.541. The number of sulfone groups is 1. The number of pyridine rings is 1. The van der Waals surface area contributed by atoms with Crippen LogP contribution < -0.4 is 30.3 Å². The number of aromatic nitrogens is 5. The van der Waals surface area contributed by atoms with E-state index >= 15 is 0 Å². The van der Waals surface area contributed by atoms with Gasteiger partial charge in [-0.1, -0.05) is 26.0 Å². The van der Waals surface area contributed by atoms with Gasteiger partial charge in [0.2, 0.25) is 11.9 Å². The lowest BCUT2D eigenvalue weighted by atomic mass is 9.71. The van der Waals surface area contributed by atoms with Crippen molar-refractivity contribution in [2.45, 2.75) is 141 Å². The molecule has 0 unspecified atom stereocenters. The molecule has 0 bridgehead atoms. The van der Waals surface area contributed by atoms with Crippen LogP contribution in [0.2, 0.25) is 0 Å². The highest BCUT2D eigenvalue weighted by molar-refractivity contribution is 7.92. The molecule has 7 heterocycles. The molecule has 3 aromatic heterocycles. The van der Waals surface area contributed by atoms with Gasteiger partial charge in [-0.15, -0.1) is 0 Å². The van der Waals surface area contributed by atoms with Crippen LogP contribution in [0.3, 0.4) is 0 Å². The largest absolute Gasteiger partial charge is 0.489 e. The van der Waals surface area contributed by atoms with Crippen LogP contribution >= 0.6 is 0 Å². The number of anilines is 3. The Balaban J connectivity index is 0.796. The maximum Gasteiger partial charge on any atom is 0.410 e. The van der Waals surface area contributed by atoms with Crippen LogP contribution in [0, 0.1) is 16.6 Å². The van der Waals surface area contributed by atoms with Gasteiger partial charge in [0.15, 0.2) is 15.6 Å². The number of nitrogens with one attached hydrogen (secondary N) is 2. The van der Waals surface area contributed by atoms with Gasteiger partial charge in [-0.25, -0.2) is 37.5 Å². The van der Waals surface area contributed by atoms with Gasteiger partial charge in [0, 0.05) is 85.7 Å². The molecule has 3 saturated heterocycles. The number of hydrogen-bond donors (Lipinski definition) is 3. The molecule has 2 aromatic carbocycles. The minimum Gasteiger partial charge on any atom is -0.489 e. The van der Waals surface area contributed by atoms with Gasteiger partial charge in [-0.3, -0.25) is 14.7 Å². The van der Waals surface area contributed by atoms with E-state index in [2.05, 4.69) is 59.9 Å². The summed E-state index contributed by atoms with van der Waals surface area (Å²) in [5, 5.41) is 11.4. The lowest BCUT2D eigenvalue weighted by Gasteiger charge is -2.50. The summed E-state index contributed by atoms with van der Waals surface area (Å²) >= 11 is 0. The number of carbonyl (C=O) groups excluding carboxylic acids is 2. The van der Waals surface area contributed by atoms with Gasteiger partial charge in [-0.05, 0) is 148 Å². The third-order valence-corrected chi connectivity index (χ3v) is 19.2. The monoisotopic (exact) mass is 1160 g/mol. The topological polar surface area (TPSA) is 239 Å². The van der Waals surface area contributed by atoms with Crippen molar-refractivity contribution in [3.63, 3.8) is 0 Å². The van der Waals surface area contributed by atoms with Crippen molar-refractivity contribution in [3.05, 3.63) is 101 Å². The normalized spacial score (nSPS) is 19.8. The SMILES string of the molecule is CC(=N)/C(C)=C(\N)Nc1ncnc2cc(OCCOc3cnc(N4CCC5(CCN(C[C@H]6CN(C(=O)OC(C)(C)C)[C@H](C)CN6CC(=O)N6CC(C)(C)c7ncc(Cc8ccc(F)cc8)cc76)CC5)CC4)nc3)c(S(=O)(=O)C(C)(C)C)cc12. The van der Waals surface area contributed by atoms with Gasteiger partial charge in [0.05, 0.1) is 40.6 Å². The molecule has 20 nitrogen and oxygen atoms in total. The summed E-state index contributed by atoms with van der Waals surface area (Å²) in [6, 6.07) is 11.3. The number of halogens is 1. The molecule has 446 valence electrons. The van der Waals surface area contributed by atoms with Crippen LogP contribution in [0.4, 0.5) is 26.6 Å². The van der Waals surface area contributed by atoms with Gasteiger partial charge in [0.1, 0.15) is 53.2 Å². The van der Waals surface area contributed by atoms with E-state index in [1.807, 2.05) is 43.7 Å². The Morgan fingerprint density at radius 3 is 2.17 bits per heavy atom. The lowest BCUT2D eigenvalue weighted by Crippen LogP contribution is -2.64. The molecule has 4 N–H and O–H groups in total. The maximum atomic E-state index is 14.6. The van der Waals surface area contributed by atoms with Crippen LogP contribution in [0.25, 0.3) is 10.9 Å². The Bertz CT molecular complexity index is 3350. The number of ether oxygens (including phenoxy) is 3. The molecule has 0 radical (unpaired) electrons. The number of piperidine rings is 2. The number of nitrogens with zero attached hydrogens (tertiary/aromatic N) is 10. The number of carbonyl (C=O) groups is 2. The van der Waals surface area contributed by atoms with E-state index in [9.17, 15) is 22.4 Å². The number of allylic oxidation sites excluding steroid dienone is 1. The maximum absolute atomic E-state index is 14.6. The Labute approximate surface area is 487 Å². The first kappa shape index (κ1) is 60.5. The molecule has 9 rings (SSSR count). The number of rotatable bonds is 16. The van der Waals surface area contributed by atoms with E-state index in [-0.39, 0.29) is 82.7 Å². The van der Waals surface area contributed by atoms with Crippen LogP contribution in [0.1, 0.15) is 119 Å². The van der Waals surface area contributed by atoms with Crippen molar-refractivity contribution in [3.8, 4) is 11.5 Å². The summed E-state index contributed by atoms with van der Waals surface area (Å²) in [4.78, 5) is 62.0. The van der Waals surface area contributed by atoms with Crippen molar-refractivity contribution in [1.29, 1.82) is 5.41 Å². The second-order valence-corrected chi connectivity index (χ2v) is 28.3. The molecule has 0 aliphatic carbocycles. The molecule has 83 heavy (non-hydrogen) atoms. The molecular weight excluding hydrogens is 1080 g/mol. The quantitative estimate of drug-likeness (QED) is 0.0620. The number of amides is 2. The molecule has 1 spiro atoms. The smallest absolute Gasteiger partial charge is 0.410 e. The van der Waals surface area contributed by atoms with Crippen molar-refractivity contribution >= 4 is 55.9 Å². The van der Waals surface area contributed by atoms with Gasteiger partial charge in [-0.2, -0.15) is 0 Å². The highest BCUT2D eigenvalue weighted by atomic mass is 32.2. The average molecular weight is 1160 g/mol. The van der Waals surface area contributed by atoms with Gasteiger partial charge >= 0.3 is 6.09 Å². The minimum atomic E-state index is -3.92. The third-order valence-electron chi connectivity index (χ3n) is 16.7. The van der Waals surface area contributed by atoms with Gasteiger partial charge < -0.3 is 50.3 Å². The second kappa shape index (κ2) is 23.9. The number of piperazine rings is 1. The molecule has 4 aliphatic heterocycles. The third kappa shape index (κ3) is 13.8. The average Bonchev–Trinajstić information content (AvgIpc) is 3.58. The van der Waals surface area contributed by atoms with E-state index in [1.165, 1.54) is 24.5 Å². The first-order chi connectivity index (χ1) is 39.1. The van der Waals surface area contributed by atoms with Crippen LogP contribution in [0.5, 0.6) is 11.5 Å². The van der Waals surface area contributed by atoms with Crippen LogP contribution in [-0.4, -0.2) is 160 Å². The molecule has 4 aliphatic rings. The zero-order chi connectivity index (χ0) is 59.8. The molecule has 5 aromatic rings. The molecule has 22 heteroatoms. The number of likely N-dealkylation sites (tertiary alicyclic amines) is 1. The predicted molar refractivity (Wildman–Crippen MR) is 320 cm³/mol. The summed E-state index contributed by atoms with van der Waals surface area (Å²) in [6.45, 7) is 26.1. The Morgan fingerprint density at radius 1 is 0.855 bits per heavy atom. The summed E-state index contributed by atoms with van der Waals surface area (Å²) in [6.07, 6.45) is 10.8. The Kier molecular flexibility index (Phi) is 17.4. The Hall–Kier alpha value is -7.04. The minimum absolute atomic E-state index is 0.00235. The second-order valence-electron chi connectivity index (χ2n) is 25.6. The molecular formula is C61H82FN13O7S. The van der Waals surface area contributed by atoms with Crippen molar-refractivity contribution < 1.29 is 36.6 Å². The van der Waals surface area contributed by atoms with E-state index in [0.717, 1.165) is 74.4 Å².